The van der Waals surface area contributed by atoms with E-state index in [1.54, 1.807) is 11.8 Å². The summed E-state index contributed by atoms with van der Waals surface area (Å²) in [5.41, 5.74) is 1.95. The van der Waals surface area contributed by atoms with E-state index in [-0.39, 0.29) is 17.6 Å². The summed E-state index contributed by atoms with van der Waals surface area (Å²) in [5, 5.41) is 3.93. The Morgan fingerprint density at radius 1 is 1.27 bits per heavy atom. The van der Waals surface area contributed by atoms with Crippen molar-refractivity contribution in [3.63, 3.8) is 0 Å². The van der Waals surface area contributed by atoms with E-state index in [9.17, 15) is 4.79 Å². The fraction of sp³-hybridized carbons (Fsp3) is 0.381. The van der Waals surface area contributed by atoms with Crippen LogP contribution in [0.25, 0.3) is 0 Å². The normalized spacial score (nSPS) is 17.9. The monoisotopic (exact) mass is 389 g/mol. The Hall–Kier alpha value is -1.65. The van der Waals surface area contributed by atoms with Crippen molar-refractivity contribution in [1.29, 1.82) is 0 Å². The van der Waals surface area contributed by atoms with Gasteiger partial charge >= 0.3 is 0 Å². The highest BCUT2D eigenvalue weighted by atomic mass is 35.5. The average Bonchev–Trinajstić information content (AvgIpc) is 2.57. The maximum Gasteiger partial charge on any atom is 0.221 e. The van der Waals surface area contributed by atoms with Gasteiger partial charge < -0.3 is 10.1 Å². The van der Waals surface area contributed by atoms with Crippen molar-refractivity contribution in [2.24, 2.45) is 0 Å². The first-order chi connectivity index (χ1) is 12.3. The molecule has 3 rings (SSSR count). The van der Waals surface area contributed by atoms with Crippen molar-refractivity contribution < 1.29 is 9.53 Å². The first-order valence-electron chi connectivity index (χ1n) is 8.80. The molecule has 1 atom stereocenters. The molecule has 0 saturated carbocycles. The molecule has 0 spiro atoms. The number of nitrogens with one attached hydrogen (secondary N) is 1. The number of hydrogen-bond acceptors (Lipinski definition) is 3. The van der Waals surface area contributed by atoms with Crippen LogP contribution in [0.5, 0.6) is 5.75 Å². The van der Waals surface area contributed by atoms with Crippen LogP contribution in [0.1, 0.15) is 43.9 Å². The minimum Gasteiger partial charge on any atom is -0.487 e. The van der Waals surface area contributed by atoms with Crippen molar-refractivity contribution >= 4 is 29.3 Å². The van der Waals surface area contributed by atoms with Crippen molar-refractivity contribution in [3.8, 4) is 5.75 Å². The van der Waals surface area contributed by atoms with Crippen LogP contribution in [0.2, 0.25) is 5.02 Å². The lowest BCUT2D eigenvalue weighted by atomic mass is 9.89. The smallest absolute Gasteiger partial charge is 0.221 e. The summed E-state index contributed by atoms with van der Waals surface area (Å²) < 4.78 is 6.07. The molecule has 0 fully saturated rings. The number of hydrogen-bond donors (Lipinski definition) is 1. The summed E-state index contributed by atoms with van der Waals surface area (Å²) in [7, 11) is 0. The highest BCUT2D eigenvalue weighted by Crippen LogP contribution is 2.39. The van der Waals surface area contributed by atoms with Gasteiger partial charge in [-0.3, -0.25) is 4.79 Å². The molecule has 2 aromatic rings. The number of carbonyl (C=O) groups excluding carboxylic acids is 1. The second kappa shape index (κ2) is 7.93. The molecule has 0 bridgehead atoms. The Balaban J connectivity index is 1.60. The van der Waals surface area contributed by atoms with Gasteiger partial charge in [0, 0.05) is 34.1 Å². The number of fused-ring (bicyclic) bond motifs is 1. The molecule has 138 valence electrons. The molecule has 1 unspecified atom stereocenters. The molecule has 1 aliphatic rings. The minimum absolute atomic E-state index is 0.0123. The second-order valence-corrected chi connectivity index (χ2v) is 8.88. The first-order valence-corrected chi connectivity index (χ1v) is 10.2. The molecule has 0 aliphatic carbocycles. The third-order valence-corrected chi connectivity index (χ3v) is 5.64. The van der Waals surface area contributed by atoms with Gasteiger partial charge in [0.05, 0.1) is 6.04 Å². The molecule has 5 heteroatoms. The number of aryl methyl sites for hydroxylation is 1. The number of halogens is 1. The third kappa shape index (κ3) is 4.95. The Kier molecular flexibility index (Phi) is 5.83. The van der Waals surface area contributed by atoms with Crippen molar-refractivity contribution in [1.82, 2.24) is 5.32 Å². The summed E-state index contributed by atoms with van der Waals surface area (Å²) in [6.45, 7) is 6.18. The van der Waals surface area contributed by atoms with Gasteiger partial charge in [0.1, 0.15) is 11.4 Å². The molecule has 0 saturated heterocycles. The van der Waals surface area contributed by atoms with Gasteiger partial charge in [-0.25, -0.2) is 0 Å². The Labute approximate surface area is 164 Å². The van der Waals surface area contributed by atoms with E-state index < -0.39 is 0 Å². The standard InChI is InChI=1S/C21H24ClNO2S/c1-14-4-9-19-17(12-14)18(13-21(2,3)25-19)23-20(24)10-11-26-16-7-5-15(22)6-8-16/h4-9,12,18H,10-11,13H2,1-3H3,(H,23,24). The van der Waals surface area contributed by atoms with Crippen LogP contribution >= 0.6 is 23.4 Å². The molecular formula is C21H24ClNO2S. The lowest BCUT2D eigenvalue weighted by molar-refractivity contribution is -0.121. The van der Waals surface area contributed by atoms with Gasteiger partial charge in [-0.1, -0.05) is 29.3 Å². The van der Waals surface area contributed by atoms with Crippen molar-refractivity contribution in [2.75, 3.05) is 5.75 Å². The van der Waals surface area contributed by atoms with Gasteiger partial charge in [-0.05, 0) is 51.1 Å². The summed E-state index contributed by atoms with van der Waals surface area (Å²) in [6, 6.07) is 13.8. The summed E-state index contributed by atoms with van der Waals surface area (Å²) in [5.74, 6) is 1.68. The summed E-state index contributed by atoms with van der Waals surface area (Å²) >= 11 is 7.56. The predicted molar refractivity (Wildman–Crippen MR) is 108 cm³/mol. The van der Waals surface area contributed by atoms with Gasteiger partial charge in [0.2, 0.25) is 5.91 Å². The second-order valence-electron chi connectivity index (χ2n) is 7.28. The topological polar surface area (TPSA) is 38.3 Å². The molecule has 1 amide bonds. The number of ether oxygens (including phenoxy) is 1. The Bertz CT molecular complexity index is 789. The van der Waals surface area contributed by atoms with E-state index in [4.69, 9.17) is 16.3 Å². The number of amides is 1. The van der Waals surface area contributed by atoms with E-state index in [2.05, 4.69) is 32.2 Å². The van der Waals surface area contributed by atoms with Gasteiger partial charge in [0.15, 0.2) is 0 Å². The zero-order valence-electron chi connectivity index (χ0n) is 15.3. The van der Waals surface area contributed by atoms with E-state index in [0.717, 1.165) is 33.4 Å². The maximum atomic E-state index is 12.5. The zero-order valence-corrected chi connectivity index (χ0v) is 16.9. The number of benzene rings is 2. The Morgan fingerprint density at radius 3 is 2.73 bits per heavy atom. The zero-order chi connectivity index (χ0) is 18.7. The first kappa shape index (κ1) is 19.1. The van der Waals surface area contributed by atoms with E-state index in [1.807, 2.05) is 36.4 Å². The number of carbonyl (C=O) groups is 1. The SMILES string of the molecule is Cc1ccc2c(c1)C(NC(=O)CCSc1ccc(Cl)cc1)CC(C)(C)O2. The third-order valence-electron chi connectivity index (χ3n) is 4.37. The molecular weight excluding hydrogens is 366 g/mol. The molecule has 1 aliphatic heterocycles. The quantitative estimate of drug-likeness (QED) is 0.681. The predicted octanol–water partition coefficient (Wildman–Crippen LogP) is 5.55. The van der Waals surface area contributed by atoms with Crippen LogP contribution in [0.4, 0.5) is 0 Å². The fourth-order valence-corrected chi connectivity index (χ4v) is 4.14. The highest BCUT2D eigenvalue weighted by Gasteiger charge is 2.34. The molecule has 2 aromatic carbocycles. The molecule has 3 nitrogen and oxygen atoms in total. The maximum absolute atomic E-state index is 12.5. The van der Waals surface area contributed by atoms with Gasteiger partial charge in [-0.15, -0.1) is 11.8 Å². The largest absolute Gasteiger partial charge is 0.487 e. The minimum atomic E-state index is -0.293. The molecule has 1 N–H and O–H groups in total. The molecule has 0 radical (unpaired) electrons. The van der Waals surface area contributed by atoms with E-state index in [1.165, 1.54) is 5.56 Å². The molecule has 1 heterocycles. The Morgan fingerprint density at radius 2 is 2.00 bits per heavy atom. The van der Waals surface area contributed by atoms with E-state index >= 15 is 0 Å². The number of rotatable bonds is 5. The fourth-order valence-electron chi connectivity index (χ4n) is 3.16. The number of thioether (sulfide) groups is 1. The van der Waals surface area contributed by atoms with Crippen LogP contribution in [-0.2, 0) is 4.79 Å². The van der Waals surface area contributed by atoms with E-state index in [0.29, 0.717) is 6.42 Å². The van der Waals surface area contributed by atoms with Crippen LogP contribution in [0.3, 0.4) is 0 Å². The lowest BCUT2D eigenvalue weighted by Gasteiger charge is -2.38. The average molecular weight is 390 g/mol. The highest BCUT2D eigenvalue weighted by molar-refractivity contribution is 7.99. The molecule has 0 aromatic heterocycles. The van der Waals surface area contributed by atoms with Crippen molar-refractivity contribution in [3.05, 3.63) is 58.6 Å². The van der Waals surface area contributed by atoms with Crippen molar-refractivity contribution in [2.45, 2.75) is 50.2 Å². The van der Waals surface area contributed by atoms with Crippen LogP contribution in [-0.4, -0.2) is 17.3 Å². The lowest BCUT2D eigenvalue weighted by Crippen LogP contribution is -2.41. The van der Waals surface area contributed by atoms with Crippen LogP contribution < -0.4 is 10.1 Å². The van der Waals surface area contributed by atoms with Gasteiger partial charge in [-0.2, -0.15) is 0 Å². The van der Waals surface area contributed by atoms with Crippen LogP contribution in [0.15, 0.2) is 47.4 Å². The van der Waals surface area contributed by atoms with Gasteiger partial charge in [0.25, 0.3) is 0 Å². The molecule has 26 heavy (non-hydrogen) atoms. The summed E-state index contributed by atoms with van der Waals surface area (Å²) in [6.07, 6.45) is 1.24. The summed E-state index contributed by atoms with van der Waals surface area (Å²) in [4.78, 5) is 13.6. The van der Waals surface area contributed by atoms with Crippen LogP contribution in [0, 0.1) is 6.92 Å².